The Morgan fingerprint density at radius 3 is 3.09 bits per heavy atom. The number of rotatable bonds is 5. The van der Waals surface area contributed by atoms with Crippen molar-refractivity contribution in [2.75, 3.05) is 45.2 Å². The number of aromatic nitrogens is 2. The second-order valence-electron chi connectivity index (χ2n) is 6.42. The monoisotopic (exact) mass is 319 g/mol. The summed E-state index contributed by atoms with van der Waals surface area (Å²) >= 11 is 0. The van der Waals surface area contributed by atoms with Crippen LogP contribution in [0.5, 0.6) is 0 Å². The number of nitrogens with one attached hydrogen (secondary N) is 1. The zero-order valence-electron chi connectivity index (χ0n) is 13.9. The van der Waals surface area contributed by atoms with E-state index in [1.54, 1.807) is 6.33 Å². The molecule has 3 heterocycles. The summed E-state index contributed by atoms with van der Waals surface area (Å²) in [5, 5.41) is 2.99. The van der Waals surface area contributed by atoms with Crippen LogP contribution in [0, 0.1) is 0 Å². The van der Waals surface area contributed by atoms with Crippen LogP contribution in [0.25, 0.3) is 0 Å². The number of hydrogen-bond acceptors (Lipinski definition) is 6. The van der Waals surface area contributed by atoms with E-state index in [2.05, 4.69) is 20.2 Å². The standard InChI is InChI=1S/C16H25N5O2/c1-20(2)16-13-9-21(6-5-14(13)18-11-19-16)10-15(22)17-8-12-4-3-7-23-12/h11-12H,3-10H2,1-2H3,(H,17,22). The normalized spacial score (nSPS) is 21.0. The van der Waals surface area contributed by atoms with Crippen molar-refractivity contribution >= 4 is 11.7 Å². The molecular weight excluding hydrogens is 294 g/mol. The van der Waals surface area contributed by atoms with Gasteiger partial charge in [0.15, 0.2) is 0 Å². The van der Waals surface area contributed by atoms with Gasteiger partial charge in [-0.1, -0.05) is 0 Å². The predicted molar refractivity (Wildman–Crippen MR) is 87.3 cm³/mol. The molecule has 1 saturated heterocycles. The molecule has 1 amide bonds. The number of nitrogens with zero attached hydrogens (tertiary/aromatic N) is 4. The molecule has 0 saturated carbocycles. The molecule has 0 aliphatic carbocycles. The fourth-order valence-electron chi connectivity index (χ4n) is 3.19. The molecule has 0 bridgehead atoms. The number of hydrogen-bond donors (Lipinski definition) is 1. The van der Waals surface area contributed by atoms with E-state index in [-0.39, 0.29) is 12.0 Å². The average Bonchev–Trinajstić information content (AvgIpc) is 3.05. The predicted octanol–water partition coefficient (Wildman–Crippen LogP) is 0.196. The highest BCUT2D eigenvalue weighted by Gasteiger charge is 2.23. The molecule has 1 N–H and O–H groups in total. The van der Waals surface area contributed by atoms with Crippen molar-refractivity contribution < 1.29 is 9.53 Å². The van der Waals surface area contributed by atoms with Crippen LogP contribution in [0.4, 0.5) is 5.82 Å². The van der Waals surface area contributed by atoms with Gasteiger partial charge in [0.25, 0.3) is 0 Å². The van der Waals surface area contributed by atoms with E-state index >= 15 is 0 Å². The smallest absolute Gasteiger partial charge is 0.234 e. The third-order valence-corrected chi connectivity index (χ3v) is 4.40. The fourth-order valence-corrected chi connectivity index (χ4v) is 3.19. The fraction of sp³-hybridized carbons (Fsp3) is 0.688. The van der Waals surface area contributed by atoms with Crippen LogP contribution in [-0.2, 0) is 22.5 Å². The van der Waals surface area contributed by atoms with Gasteiger partial charge in [0.05, 0.1) is 18.3 Å². The summed E-state index contributed by atoms with van der Waals surface area (Å²) in [4.78, 5) is 25.1. The van der Waals surface area contributed by atoms with Gasteiger partial charge >= 0.3 is 0 Å². The zero-order chi connectivity index (χ0) is 16.2. The van der Waals surface area contributed by atoms with E-state index in [0.717, 1.165) is 56.0 Å². The Morgan fingerprint density at radius 2 is 2.35 bits per heavy atom. The Hall–Kier alpha value is -1.73. The number of carbonyl (C=O) groups is 1. The maximum Gasteiger partial charge on any atom is 0.234 e. The average molecular weight is 319 g/mol. The molecular formula is C16H25N5O2. The molecule has 1 unspecified atom stereocenters. The number of anilines is 1. The van der Waals surface area contributed by atoms with Gasteiger partial charge in [-0.2, -0.15) is 0 Å². The highest BCUT2D eigenvalue weighted by molar-refractivity contribution is 5.78. The molecule has 3 rings (SSSR count). The van der Waals surface area contributed by atoms with Crippen LogP contribution in [0.2, 0.25) is 0 Å². The summed E-state index contributed by atoms with van der Waals surface area (Å²) in [6.45, 7) is 3.42. The van der Waals surface area contributed by atoms with Crippen molar-refractivity contribution in [2.45, 2.75) is 31.9 Å². The first-order chi connectivity index (χ1) is 11.1. The Morgan fingerprint density at radius 1 is 1.48 bits per heavy atom. The van der Waals surface area contributed by atoms with Crippen LogP contribution in [-0.4, -0.2) is 67.2 Å². The molecule has 2 aliphatic rings. The second kappa shape index (κ2) is 7.23. The van der Waals surface area contributed by atoms with Gasteiger partial charge in [-0.25, -0.2) is 9.97 Å². The first-order valence-electron chi connectivity index (χ1n) is 8.24. The third kappa shape index (κ3) is 3.97. The van der Waals surface area contributed by atoms with Crippen LogP contribution >= 0.6 is 0 Å². The zero-order valence-corrected chi connectivity index (χ0v) is 13.9. The minimum Gasteiger partial charge on any atom is -0.376 e. The van der Waals surface area contributed by atoms with Crippen molar-refractivity contribution in [3.05, 3.63) is 17.6 Å². The molecule has 1 fully saturated rings. The largest absolute Gasteiger partial charge is 0.376 e. The molecule has 23 heavy (non-hydrogen) atoms. The molecule has 0 radical (unpaired) electrons. The van der Waals surface area contributed by atoms with Crippen LogP contribution in [0.1, 0.15) is 24.1 Å². The lowest BCUT2D eigenvalue weighted by Crippen LogP contribution is -2.42. The van der Waals surface area contributed by atoms with Gasteiger partial charge < -0.3 is 15.0 Å². The van der Waals surface area contributed by atoms with E-state index < -0.39 is 0 Å². The molecule has 7 heteroatoms. The van der Waals surface area contributed by atoms with Gasteiger partial charge in [-0.15, -0.1) is 0 Å². The van der Waals surface area contributed by atoms with Crippen LogP contribution < -0.4 is 10.2 Å². The summed E-state index contributed by atoms with van der Waals surface area (Å²) in [5.41, 5.74) is 2.23. The van der Waals surface area contributed by atoms with Crippen LogP contribution in [0.3, 0.4) is 0 Å². The van der Waals surface area contributed by atoms with Crippen molar-refractivity contribution in [2.24, 2.45) is 0 Å². The van der Waals surface area contributed by atoms with Gasteiger partial charge in [0.1, 0.15) is 12.1 Å². The topological polar surface area (TPSA) is 70.6 Å². The first kappa shape index (κ1) is 16.1. The number of fused-ring (bicyclic) bond motifs is 1. The Balaban J connectivity index is 1.55. The molecule has 0 aromatic carbocycles. The molecule has 7 nitrogen and oxygen atoms in total. The third-order valence-electron chi connectivity index (χ3n) is 4.40. The number of ether oxygens (including phenoxy) is 1. The minimum absolute atomic E-state index is 0.0622. The van der Waals surface area contributed by atoms with E-state index in [1.165, 1.54) is 0 Å². The molecule has 1 aromatic rings. The van der Waals surface area contributed by atoms with Crippen molar-refractivity contribution in [3.63, 3.8) is 0 Å². The summed E-state index contributed by atoms with van der Waals surface area (Å²) in [6, 6.07) is 0. The van der Waals surface area contributed by atoms with E-state index in [4.69, 9.17) is 4.74 Å². The second-order valence-corrected chi connectivity index (χ2v) is 6.42. The van der Waals surface area contributed by atoms with Crippen molar-refractivity contribution in [1.82, 2.24) is 20.2 Å². The highest BCUT2D eigenvalue weighted by atomic mass is 16.5. The Bertz CT molecular complexity index is 557. The Labute approximate surface area is 137 Å². The molecule has 0 spiro atoms. The molecule has 2 aliphatic heterocycles. The van der Waals surface area contributed by atoms with Gasteiger partial charge in [-0.05, 0) is 12.8 Å². The lowest BCUT2D eigenvalue weighted by Gasteiger charge is -2.29. The lowest BCUT2D eigenvalue weighted by molar-refractivity contribution is -0.123. The maximum absolute atomic E-state index is 12.1. The first-order valence-corrected chi connectivity index (χ1v) is 8.24. The number of carbonyl (C=O) groups excluding carboxylic acids is 1. The molecule has 1 atom stereocenters. The highest BCUT2D eigenvalue weighted by Crippen LogP contribution is 2.24. The molecule has 126 valence electrons. The quantitative estimate of drug-likeness (QED) is 0.836. The Kier molecular flexibility index (Phi) is 5.07. The summed E-state index contributed by atoms with van der Waals surface area (Å²) in [7, 11) is 3.96. The summed E-state index contributed by atoms with van der Waals surface area (Å²) in [6.07, 6.45) is 4.81. The van der Waals surface area contributed by atoms with E-state index in [1.807, 2.05) is 19.0 Å². The molecule has 1 aromatic heterocycles. The SMILES string of the molecule is CN(C)c1ncnc2c1CN(CC(=O)NCC1CCCO1)CC2. The summed E-state index contributed by atoms with van der Waals surface area (Å²) in [5.74, 6) is 1.01. The van der Waals surface area contributed by atoms with Gasteiger partial charge in [-0.3, -0.25) is 9.69 Å². The minimum atomic E-state index is 0.0622. The lowest BCUT2D eigenvalue weighted by atomic mass is 10.1. The van der Waals surface area contributed by atoms with Gasteiger partial charge in [0.2, 0.25) is 5.91 Å². The summed E-state index contributed by atoms with van der Waals surface area (Å²) < 4.78 is 5.53. The van der Waals surface area contributed by atoms with E-state index in [0.29, 0.717) is 13.1 Å². The van der Waals surface area contributed by atoms with Gasteiger partial charge in [0, 0.05) is 52.3 Å². The van der Waals surface area contributed by atoms with Crippen molar-refractivity contribution in [1.29, 1.82) is 0 Å². The van der Waals surface area contributed by atoms with Crippen LogP contribution in [0.15, 0.2) is 6.33 Å². The van der Waals surface area contributed by atoms with E-state index in [9.17, 15) is 4.79 Å². The van der Waals surface area contributed by atoms with Crippen molar-refractivity contribution in [3.8, 4) is 0 Å². The number of amides is 1. The maximum atomic E-state index is 12.1.